The van der Waals surface area contributed by atoms with E-state index in [4.69, 9.17) is 18.9 Å². The van der Waals surface area contributed by atoms with Gasteiger partial charge in [-0.3, -0.25) is 4.79 Å². The quantitative estimate of drug-likeness (QED) is 0.558. The highest BCUT2D eigenvalue weighted by Gasteiger charge is 2.27. The van der Waals surface area contributed by atoms with Crippen molar-refractivity contribution in [3.05, 3.63) is 48.3 Å². The number of nitrogens with one attached hydrogen (secondary N) is 1. The third kappa shape index (κ3) is 4.53. The summed E-state index contributed by atoms with van der Waals surface area (Å²) in [5.74, 6) is 3.13. The summed E-state index contributed by atoms with van der Waals surface area (Å²) in [4.78, 5) is 12.5. The average Bonchev–Trinajstić information content (AvgIpc) is 3.17. The van der Waals surface area contributed by atoms with Gasteiger partial charge in [0.25, 0.3) is 0 Å². The van der Waals surface area contributed by atoms with Gasteiger partial charge < -0.3 is 28.8 Å². The van der Waals surface area contributed by atoms with Crippen molar-refractivity contribution in [2.45, 2.75) is 11.3 Å². The van der Waals surface area contributed by atoms with Crippen LogP contribution in [0.1, 0.15) is 11.9 Å². The molecule has 1 aliphatic heterocycles. The zero-order chi connectivity index (χ0) is 21.8. The minimum Gasteiger partial charge on any atom is -0.497 e. The molecular weight excluding hydrogens is 420 g/mol. The summed E-state index contributed by atoms with van der Waals surface area (Å²) in [7, 11) is 4.95. The Morgan fingerprint density at radius 1 is 1.19 bits per heavy atom. The SMILES string of the molecule is COc1ccc(OC)c(NC(=O)CSc2nnc([C@H]3COc4ccccc4O3)n2C)c1. The van der Waals surface area contributed by atoms with Crippen molar-refractivity contribution in [3.8, 4) is 23.0 Å². The number of benzene rings is 2. The normalized spacial score (nSPS) is 14.7. The summed E-state index contributed by atoms with van der Waals surface area (Å²) in [6.07, 6.45) is -0.378. The van der Waals surface area contributed by atoms with Crippen molar-refractivity contribution < 1.29 is 23.7 Å². The van der Waals surface area contributed by atoms with Crippen LogP contribution in [0.25, 0.3) is 0 Å². The number of hydrogen-bond donors (Lipinski definition) is 1. The molecular formula is C21H22N4O5S. The van der Waals surface area contributed by atoms with Gasteiger partial charge in [0.1, 0.15) is 18.1 Å². The lowest BCUT2D eigenvalue weighted by Crippen LogP contribution is -2.24. The second-order valence-electron chi connectivity index (χ2n) is 6.67. The predicted octanol–water partition coefficient (Wildman–Crippen LogP) is 3.08. The Bertz CT molecular complexity index is 1090. The third-order valence-corrected chi connectivity index (χ3v) is 5.70. The first-order chi connectivity index (χ1) is 15.1. The van der Waals surface area contributed by atoms with E-state index in [9.17, 15) is 4.79 Å². The van der Waals surface area contributed by atoms with Gasteiger partial charge in [0.2, 0.25) is 5.91 Å². The van der Waals surface area contributed by atoms with E-state index in [1.165, 1.54) is 11.8 Å². The van der Waals surface area contributed by atoms with Gasteiger partial charge in [-0.1, -0.05) is 23.9 Å². The molecule has 2 aromatic carbocycles. The summed E-state index contributed by atoms with van der Waals surface area (Å²) >= 11 is 1.28. The summed E-state index contributed by atoms with van der Waals surface area (Å²) in [5.41, 5.74) is 0.539. The lowest BCUT2D eigenvalue weighted by atomic mass is 10.2. The highest BCUT2D eigenvalue weighted by atomic mass is 32.2. The number of rotatable bonds is 7. The molecule has 162 valence electrons. The first kappa shape index (κ1) is 20.9. The monoisotopic (exact) mass is 442 g/mol. The van der Waals surface area contributed by atoms with Gasteiger partial charge >= 0.3 is 0 Å². The maximum Gasteiger partial charge on any atom is 0.234 e. The van der Waals surface area contributed by atoms with Crippen molar-refractivity contribution in [1.82, 2.24) is 14.8 Å². The standard InChI is InChI=1S/C21H22N4O5S/c1-25-20(18-11-29-16-6-4-5-7-17(16)30-18)23-24-21(25)31-12-19(26)22-14-10-13(27-2)8-9-15(14)28-3/h4-10,18H,11-12H2,1-3H3,(H,22,26)/t18-/m1/s1. The summed E-state index contributed by atoms with van der Waals surface area (Å²) in [6, 6.07) is 12.7. The van der Waals surface area contributed by atoms with Gasteiger partial charge in [0.15, 0.2) is 28.6 Å². The van der Waals surface area contributed by atoms with Gasteiger partial charge in [-0.05, 0) is 24.3 Å². The molecule has 0 radical (unpaired) electrons. The van der Waals surface area contributed by atoms with Crippen LogP contribution in [0.4, 0.5) is 5.69 Å². The molecule has 0 spiro atoms. The van der Waals surface area contributed by atoms with Crippen LogP contribution in [0.3, 0.4) is 0 Å². The summed E-state index contributed by atoms with van der Waals surface area (Å²) in [5, 5.41) is 11.9. The fraction of sp³-hybridized carbons (Fsp3) is 0.286. The third-order valence-electron chi connectivity index (χ3n) is 4.68. The van der Waals surface area contributed by atoms with Gasteiger partial charge in [0, 0.05) is 13.1 Å². The number of nitrogens with zero attached hydrogens (tertiary/aromatic N) is 3. The molecule has 1 aliphatic rings. The number of para-hydroxylation sites is 2. The first-order valence-corrected chi connectivity index (χ1v) is 10.5. The Labute approximate surface area is 183 Å². The Hall–Kier alpha value is -3.40. The van der Waals surface area contributed by atoms with Crippen LogP contribution in [0.5, 0.6) is 23.0 Å². The number of aromatic nitrogens is 3. The van der Waals surface area contributed by atoms with E-state index in [2.05, 4.69) is 15.5 Å². The smallest absolute Gasteiger partial charge is 0.234 e. The fourth-order valence-corrected chi connectivity index (χ4v) is 3.83. The number of methoxy groups -OCH3 is 2. The molecule has 0 unspecified atom stereocenters. The number of amides is 1. The molecule has 31 heavy (non-hydrogen) atoms. The second-order valence-corrected chi connectivity index (χ2v) is 7.61. The van der Waals surface area contributed by atoms with Crippen molar-refractivity contribution in [2.75, 3.05) is 31.9 Å². The molecule has 3 aromatic rings. The van der Waals surface area contributed by atoms with Gasteiger partial charge in [0.05, 0.1) is 25.7 Å². The lowest BCUT2D eigenvalue weighted by Gasteiger charge is -2.25. The van der Waals surface area contributed by atoms with Gasteiger partial charge in [-0.2, -0.15) is 0 Å². The van der Waals surface area contributed by atoms with Crippen molar-refractivity contribution in [3.63, 3.8) is 0 Å². The van der Waals surface area contributed by atoms with Crippen LogP contribution < -0.4 is 24.3 Å². The predicted molar refractivity (Wildman–Crippen MR) is 115 cm³/mol. The number of carbonyl (C=O) groups excluding carboxylic acids is 1. The fourth-order valence-electron chi connectivity index (χ4n) is 3.11. The van der Waals surface area contributed by atoms with E-state index >= 15 is 0 Å². The summed E-state index contributed by atoms with van der Waals surface area (Å²) in [6.45, 7) is 0.337. The maximum atomic E-state index is 12.5. The lowest BCUT2D eigenvalue weighted by molar-refractivity contribution is -0.113. The topological polar surface area (TPSA) is 96.7 Å². The molecule has 1 amide bonds. The van der Waals surface area contributed by atoms with E-state index in [-0.39, 0.29) is 17.8 Å². The highest BCUT2D eigenvalue weighted by molar-refractivity contribution is 7.99. The van der Waals surface area contributed by atoms with Crippen LogP contribution in [0, 0.1) is 0 Å². The maximum absolute atomic E-state index is 12.5. The summed E-state index contributed by atoms with van der Waals surface area (Å²) < 4.78 is 24.1. The van der Waals surface area contributed by atoms with E-state index in [1.807, 2.05) is 35.9 Å². The Balaban J connectivity index is 1.39. The average molecular weight is 442 g/mol. The second kappa shape index (κ2) is 9.17. The molecule has 4 rings (SSSR count). The number of anilines is 1. The first-order valence-electron chi connectivity index (χ1n) is 9.51. The minimum atomic E-state index is -0.378. The van der Waals surface area contributed by atoms with Gasteiger partial charge in [-0.25, -0.2) is 0 Å². The molecule has 0 bridgehead atoms. The highest BCUT2D eigenvalue weighted by Crippen LogP contribution is 2.36. The molecule has 0 fully saturated rings. The Kier molecular flexibility index (Phi) is 6.17. The molecule has 9 nitrogen and oxygen atoms in total. The number of hydrogen-bond acceptors (Lipinski definition) is 8. The molecule has 1 aromatic heterocycles. The molecule has 1 atom stereocenters. The molecule has 0 aliphatic carbocycles. The zero-order valence-electron chi connectivity index (χ0n) is 17.3. The van der Waals surface area contributed by atoms with Crippen molar-refractivity contribution in [2.24, 2.45) is 7.05 Å². The number of thioether (sulfide) groups is 1. The number of carbonyl (C=O) groups is 1. The van der Waals surface area contributed by atoms with E-state index in [0.29, 0.717) is 46.3 Å². The molecule has 0 saturated carbocycles. The van der Waals surface area contributed by atoms with Crippen LogP contribution in [0.15, 0.2) is 47.6 Å². The minimum absolute atomic E-state index is 0.150. The van der Waals surface area contributed by atoms with E-state index in [0.717, 1.165) is 0 Å². The van der Waals surface area contributed by atoms with Crippen molar-refractivity contribution in [1.29, 1.82) is 0 Å². The van der Waals surface area contributed by atoms with E-state index < -0.39 is 0 Å². The van der Waals surface area contributed by atoms with Crippen LogP contribution >= 0.6 is 11.8 Å². The number of fused-ring (bicyclic) bond motifs is 1. The Morgan fingerprint density at radius 3 is 2.77 bits per heavy atom. The van der Waals surface area contributed by atoms with Crippen molar-refractivity contribution >= 4 is 23.4 Å². The number of ether oxygens (including phenoxy) is 4. The van der Waals surface area contributed by atoms with Gasteiger partial charge in [-0.15, -0.1) is 10.2 Å². The van der Waals surface area contributed by atoms with Crippen LogP contribution in [-0.2, 0) is 11.8 Å². The largest absolute Gasteiger partial charge is 0.497 e. The molecule has 1 N–H and O–H groups in total. The molecule has 2 heterocycles. The van der Waals surface area contributed by atoms with Crippen LogP contribution in [0.2, 0.25) is 0 Å². The molecule has 0 saturated heterocycles. The zero-order valence-corrected chi connectivity index (χ0v) is 18.1. The van der Waals surface area contributed by atoms with Crippen LogP contribution in [-0.4, -0.2) is 47.3 Å². The van der Waals surface area contributed by atoms with E-state index in [1.54, 1.807) is 32.4 Å². The molecule has 10 heteroatoms. The Morgan fingerprint density at radius 2 is 2.00 bits per heavy atom.